The lowest BCUT2D eigenvalue weighted by atomic mass is 10.0. The molecule has 29 heavy (non-hydrogen) atoms. The van der Waals surface area contributed by atoms with Gasteiger partial charge in [-0.3, -0.25) is 0 Å². The number of aliphatic hydroxyl groups excluding tert-OH is 1. The molecule has 0 saturated heterocycles. The number of aryl methyl sites for hydroxylation is 1. The Morgan fingerprint density at radius 1 is 1.24 bits per heavy atom. The molecule has 0 saturated carbocycles. The lowest BCUT2D eigenvalue weighted by Crippen LogP contribution is -2.23. The van der Waals surface area contributed by atoms with Gasteiger partial charge in [0.05, 0.1) is 35.9 Å². The molecule has 0 fully saturated rings. The Kier molecular flexibility index (Phi) is 6.23. The number of hydrogen-bond donors (Lipinski definition) is 2. The van der Waals surface area contributed by atoms with E-state index in [0.717, 1.165) is 47.5 Å². The number of aliphatic hydroxyl groups is 1. The van der Waals surface area contributed by atoms with Crippen LogP contribution in [-0.2, 0) is 11.3 Å². The van der Waals surface area contributed by atoms with Gasteiger partial charge in [0.25, 0.3) is 0 Å². The second kappa shape index (κ2) is 8.70. The summed E-state index contributed by atoms with van der Waals surface area (Å²) in [7, 11) is 0. The molecular weight excluding hydrogens is 433 g/mol. The van der Waals surface area contributed by atoms with Crippen molar-refractivity contribution >= 4 is 51.8 Å². The number of aromatic nitrogens is 2. The number of hydrogen-bond acceptors (Lipinski definition) is 4. The molecule has 8 heteroatoms. The molecule has 1 aliphatic rings. The topological polar surface area (TPSA) is 59.3 Å². The van der Waals surface area contributed by atoms with Gasteiger partial charge in [0, 0.05) is 22.2 Å². The van der Waals surface area contributed by atoms with E-state index in [4.69, 9.17) is 49.6 Å². The average Bonchev–Trinajstić information content (AvgIpc) is 3.09. The maximum atomic E-state index is 9.15. The predicted octanol–water partition coefficient (Wildman–Crippen LogP) is 6.01. The van der Waals surface area contributed by atoms with Gasteiger partial charge in [-0.2, -0.15) is 0 Å². The van der Waals surface area contributed by atoms with Gasteiger partial charge in [-0.25, -0.2) is 4.98 Å². The van der Waals surface area contributed by atoms with E-state index in [2.05, 4.69) is 16.8 Å². The van der Waals surface area contributed by atoms with E-state index >= 15 is 0 Å². The molecule has 2 atom stereocenters. The van der Waals surface area contributed by atoms with Crippen LogP contribution >= 0.6 is 34.8 Å². The van der Waals surface area contributed by atoms with Gasteiger partial charge in [0.15, 0.2) is 0 Å². The summed E-state index contributed by atoms with van der Waals surface area (Å²) in [5.41, 5.74) is 3.76. The monoisotopic (exact) mass is 453 g/mol. The fraction of sp³-hybridized carbons (Fsp3) is 0.381. The summed E-state index contributed by atoms with van der Waals surface area (Å²) in [5, 5.41) is 14.5. The Labute approximate surface area is 184 Å². The summed E-state index contributed by atoms with van der Waals surface area (Å²) in [4.78, 5) is 4.78. The molecule has 1 aromatic heterocycles. The van der Waals surface area contributed by atoms with Crippen molar-refractivity contribution in [3.8, 4) is 0 Å². The minimum atomic E-state index is -0.133. The highest BCUT2D eigenvalue weighted by atomic mass is 35.5. The third-order valence-corrected chi connectivity index (χ3v) is 6.15. The van der Waals surface area contributed by atoms with E-state index in [1.807, 2.05) is 24.3 Å². The maximum absolute atomic E-state index is 9.15. The largest absolute Gasteiger partial charge is 0.394 e. The number of nitrogens with one attached hydrogen (secondary N) is 1. The second-order valence-electron chi connectivity index (χ2n) is 7.06. The summed E-state index contributed by atoms with van der Waals surface area (Å²) in [6.45, 7) is 3.11. The van der Waals surface area contributed by atoms with Gasteiger partial charge in [-0.15, -0.1) is 0 Å². The van der Waals surface area contributed by atoms with E-state index in [0.29, 0.717) is 21.7 Å². The van der Waals surface area contributed by atoms with Crippen LogP contribution in [0.3, 0.4) is 0 Å². The summed E-state index contributed by atoms with van der Waals surface area (Å²) in [6.07, 6.45) is 1.50. The van der Waals surface area contributed by atoms with Crippen molar-refractivity contribution < 1.29 is 9.84 Å². The smallest absolute Gasteiger partial charge is 0.204 e. The first kappa shape index (κ1) is 20.8. The number of halogens is 3. The van der Waals surface area contributed by atoms with Crippen molar-refractivity contribution in [1.82, 2.24) is 9.55 Å². The highest BCUT2D eigenvalue weighted by Gasteiger charge is 2.27. The van der Waals surface area contributed by atoms with Crippen LogP contribution in [0.25, 0.3) is 11.0 Å². The van der Waals surface area contributed by atoms with E-state index < -0.39 is 0 Å². The summed E-state index contributed by atoms with van der Waals surface area (Å²) < 4.78 is 8.02. The number of fused-ring (bicyclic) bond motifs is 3. The molecule has 3 aromatic rings. The van der Waals surface area contributed by atoms with Crippen molar-refractivity contribution in [2.24, 2.45) is 0 Å². The predicted molar refractivity (Wildman–Crippen MR) is 118 cm³/mol. The minimum absolute atomic E-state index is 0.0111. The van der Waals surface area contributed by atoms with Crippen LogP contribution in [0.1, 0.15) is 43.0 Å². The molecule has 2 N–H and O–H groups in total. The van der Waals surface area contributed by atoms with Gasteiger partial charge in [0.1, 0.15) is 5.52 Å². The lowest BCUT2D eigenvalue weighted by molar-refractivity contribution is 0.0263. The molecule has 0 aliphatic carbocycles. The van der Waals surface area contributed by atoms with E-state index in [1.165, 1.54) is 0 Å². The molecule has 154 valence electrons. The number of benzene rings is 2. The summed E-state index contributed by atoms with van der Waals surface area (Å²) >= 11 is 18.9. The molecule has 2 aromatic carbocycles. The van der Waals surface area contributed by atoms with Crippen molar-refractivity contribution in [2.45, 2.75) is 38.5 Å². The average molecular weight is 455 g/mol. The fourth-order valence-corrected chi connectivity index (χ4v) is 4.68. The standard InChI is InChI=1S/C21H22Cl3N3O2/c1-2-18(29-10-9-28)14-5-6-15(23)19-20(14)27-8-7-17(25-21(27)26-19)13-4-3-12(22)11-16(13)24/h3-6,11,17-18,28H,2,7-10H2,1H3,(H,25,26). The van der Waals surface area contributed by atoms with Gasteiger partial charge >= 0.3 is 0 Å². The number of imidazole rings is 1. The fourth-order valence-electron chi connectivity index (χ4n) is 3.95. The third-order valence-electron chi connectivity index (χ3n) is 5.29. The Balaban J connectivity index is 1.74. The molecule has 2 heterocycles. The van der Waals surface area contributed by atoms with Gasteiger partial charge < -0.3 is 19.7 Å². The first-order valence-corrected chi connectivity index (χ1v) is 10.8. The number of anilines is 1. The molecular formula is C21H22Cl3N3O2. The van der Waals surface area contributed by atoms with Crippen LogP contribution < -0.4 is 5.32 Å². The highest BCUT2D eigenvalue weighted by molar-refractivity contribution is 6.35. The SMILES string of the molecule is CCC(OCCO)c1ccc(Cl)c2nc3n(c12)CCC(c1ccc(Cl)cc1Cl)N3. The van der Waals surface area contributed by atoms with Crippen molar-refractivity contribution in [3.05, 3.63) is 56.5 Å². The number of nitrogens with zero attached hydrogens (tertiary/aromatic N) is 2. The first-order valence-electron chi connectivity index (χ1n) is 9.66. The quantitative estimate of drug-likeness (QED) is 0.478. The van der Waals surface area contributed by atoms with Gasteiger partial charge in [0.2, 0.25) is 5.95 Å². The zero-order chi connectivity index (χ0) is 20.5. The van der Waals surface area contributed by atoms with E-state index in [-0.39, 0.29) is 18.8 Å². The van der Waals surface area contributed by atoms with E-state index in [9.17, 15) is 0 Å². The molecule has 0 spiro atoms. The summed E-state index contributed by atoms with van der Waals surface area (Å²) in [5.74, 6) is 0.758. The Morgan fingerprint density at radius 3 is 2.79 bits per heavy atom. The molecule has 4 rings (SSSR count). The molecule has 2 unspecified atom stereocenters. The van der Waals surface area contributed by atoms with Crippen LogP contribution in [-0.4, -0.2) is 27.9 Å². The molecule has 0 amide bonds. The number of ether oxygens (including phenoxy) is 1. The zero-order valence-corrected chi connectivity index (χ0v) is 18.2. The highest BCUT2D eigenvalue weighted by Crippen LogP contribution is 2.39. The second-order valence-corrected chi connectivity index (χ2v) is 8.31. The first-order chi connectivity index (χ1) is 14.0. The molecule has 0 radical (unpaired) electrons. The minimum Gasteiger partial charge on any atom is -0.394 e. The van der Waals surface area contributed by atoms with Crippen LogP contribution in [0.15, 0.2) is 30.3 Å². The van der Waals surface area contributed by atoms with Gasteiger partial charge in [-0.05, 0) is 36.6 Å². The Bertz CT molecular complexity index is 1040. The maximum Gasteiger partial charge on any atom is 0.204 e. The van der Waals surface area contributed by atoms with Crippen molar-refractivity contribution in [1.29, 1.82) is 0 Å². The Hall–Kier alpha value is -1.50. The van der Waals surface area contributed by atoms with Gasteiger partial charge in [-0.1, -0.05) is 53.9 Å². The third kappa shape index (κ3) is 3.94. The van der Waals surface area contributed by atoms with Crippen LogP contribution in [0.5, 0.6) is 0 Å². The van der Waals surface area contributed by atoms with Crippen LogP contribution in [0.2, 0.25) is 15.1 Å². The normalized spacial score (nSPS) is 17.2. The van der Waals surface area contributed by atoms with Crippen molar-refractivity contribution in [2.75, 3.05) is 18.5 Å². The number of rotatable bonds is 6. The van der Waals surface area contributed by atoms with Crippen molar-refractivity contribution in [3.63, 3.8) is 0 Å². The van der Waals surface area contributed by atoms with E-state index in [1.54, 1.807) is 6.07 Å². The zero-order valence-electron chi connectivity index (χ0n) is 16.0. The molecule has 5 nitrogen and oxygen atoms in total. The van der Waals surface area contributed by atoms with Crippen LogP contribution in [0, 0.1) is 0 Å². The molecule has 0 bridgehead atoms. The van der Waals surface area contributed by atoms with Crippen LogP contribution in [0.4, 0.5) is 5.95 Å². The summed E-state index contributed by atoms with van der Waals surface area (Å²) in [6, 6.07) is 9.45. The Morgan fingerprint density at radius 2 is 2.07 bits per heavy atom. The molecule has 1 aliphatic heterocycles. The lowest BCUT2D eigenvalue weighted by Gasteiger charge is -2.27.